The summed E-state index contributed by atoms with van der Waals surface area (Å²) in [6, 6.07) is 16.2. The van der Waals surface area contributed by atoms with Crippen LogP contribution in [0, 0.1) is 0 Å². The zero-order valence-corrected chi connectivity index (χ0v) is 18.8. The van der Waals surface area contributed by atoms with E-state index < -0.39 is 23.1 Å². The van der Waals surface area contributed by atoms with E-state index in [-0.39, 0.29) is 39.7 Å². The van der Waals surface area contributed by atoms with E-state index in [9.17, 15) is 40.2 Å². The molecule has 4 aromatic carbocycles. The zero-order chi connectivity index (χ0) is 26.0. The molecule has 8 nitrogen and oxygen atoms in total. The van der Waals surface area contributed by atoms with Crippen LogP contribution in [0.25, 0.3) is 11.1 Å². The van der Waals surface area contributed by atoms with E-state index in [4.69, 9.17) is 0 Å². The highest BCUT2D eigenvalue weighted by atomic mass is 16.3. The number of aromatic hydroxyl groups is 6. The minimum Gasteiger partial charge on any atom is -0.508 e. The van der Waals surface area contributed by atoms with Crippen molar-refractivity contribution in [2.75, 3.05) is 0 Å². The lowest BCUT2D eigenvalue weighted by molar-refractivity contribution is 0.0817. The number of phenolic OH excluding ortho intramolecular Hbond substituents is 6. The first-order chi connectivity index (χ1) is 17.1. The van der Waals surface area contributed by atoms with Gasteiger partial charge in [0, 0.05) is 11.1 Å². The molecule has 0 aliphatic carbocycles. The largest absolute Gasteiger partial charge is 0.508 e. The number of phenols is 6. The number of carbonyl (C=O) groups excluding carboxylic acids is 2. The SMILES string of the molecule is O=C(C(=O)c1ccc(O)cc1-c1cc(O)ccc1CCc1ccc(O)c(O)c1)c1ccc(O)c(O)c1. The lowest BCUT2D eigenvalue weighted by Crippen LogP contribution is -2.15. The molecular weight excluding hydrogens is 464 g/mol. The number of rotatable bonds is 7. The summed E-state index contributed by atoms with van der Waals surface area (Å²) < 4.78 is 0. The summed E-state index contributed by atoms with van der Waals surface area (Å²) in [5.41, 5.74) is 1.90. The number of benzene rings is 4. The molecule has 8 heteroatoms. The smallest absolute Gasteiger partial charge is 0.234 e. The van der Waals surface area contributed by atoms with Crippen LogP contribution in [0.4, 0.5) is 0 Å². The predicted octanol–water partition coefficient (Wildman–Crippen LogP) is 4.44. The lowest BCUT2D eigenvalue weighted by atomic mass is 9.89. The van der Waals surface area contributed by atoms with E-state index in [2.05, 4.69) is 0 Å². The standard InChI is InChI=1S/C28H22O8/c29-18-6-4-16(3-1-15-2-9-23(31)25(33)11-15)21(13-18)22-14-19(30)7-8-20(22)28(36)27(35)17-5-10-24(32)26(34)12-17/h2,4-14,29-34H,1,3H2. The van der Waals surface area contributed by atoms with Crippen LogP contribution in [-0.4, -0.2) is 42.2 Å². The third-order valence-electron chi connectivity index (χ3n) is 5.80. The van der Waals surface area contributed by atoms with Gasteiger partial charge in [-0.15, -0.1) is 0 Å². The molecule has 182 valence electrons. The fourth-order valence-corrected chi connectivity index (χ4v) is 3.91. The number of Topliss-reactive ketones (excluding diaryl/α,β-unsaturated/α-hetero) is 2. The third kappa shape index (κ3) is 4.92. The number of carbonyl (C=O) groups is 2. The average Bonchev–Trinajstić information content (AvgIpc) is 2.86. The van der Waals surface area contributed by atoms with E-state index >= 15 is 0 Å². The summed E-state index contributed by atoms with van der Waals surface area (Å²) in [6.45, 7) is 0. The van der Waals surface area contributed by atoms with Crippen LogP contribution in [-0.2, 0) is 12.8 Å². The molecule has 0 aliphatic rings. The second-order valence-electron chi connectivity index (χ2n) is 8.26. The van der Waals surface area contributed by atoms with Crippen LogP contribution in [0.3, 0.4) is 0 Å². The number of hydrogen-bond acceptors (Lipinski definition) is 8. The molecule has 0 unspecified atom stereocenters. The van der Waals surface area contributed by atoms with Gasteiger partial charge in [-0.05, 0) is 95.8 Å². The summed E-state index contributed by atoms with van der Waals surface area (Å²) in [5, 5.41) is 58.8. The van der Waals surface area contributed by atoms with Gasteiger partial charge in [0.15, 0.2) is 23.0 Å². The minimum atomic E-state index is -0.932. The van der Waals surface area contributed by atoms with Gasteiger partial charge >= 0.3 is 0 Å². The maximum Gasteiger partial charge on any atom is 0.234 e. The van der Waals surface area contributed by atoms with Gasteiger partial charge < -0.3 is 30.6 Å². The predicted molar refractivity (Wildman–Crippen MR) is 131 cm³/mol. The fraction of sp³-hybridized carbons (Fsp3) is 0.0714. The summed E-state index contributed by atoms with van der Waals surface area (Å²) in [5.74, 6) is -3.56. The Bertz CT molecular complexity index is 1490. The molecule has 0 heterocycles. The van der Waals surface area contributed by atoms with Crippen molar-refractivity contribution in [3.05, 3.63) is 95.1 Å². The normalized spacial score (nSPS) is 10.8. The van der Waals surface area contributed by atoms with Gasteiger partial charge in [-0.1, -0.05) is 12.1 Å². The van der Waals surface area contributed by atoms with Crippen LogP contribution in [0.15, 0.2) is 72.8 Å². The molecule has 0 amide bonds. The second-order valence-corrected chi connectivity index (χ2v) is 8.26. The Morgan fingerprint density at radius 1 is 0.528 bits per heavy atom. The summed E-state index contributed by atoms with van der Waals surface area (Å²) in [4.78, 5) is 26.1. The molecular formula is C28H22O8. The van der Waals surface area contributed by atoms with Crippen LogP contribution < -0.4 is 0 Å². The molecule has 0 fully saturated rings. The minimum absolute atomic E-state index is 0.0282. The highest BCUT2D eigenvalue weighted by Crippen LogP contribution is 2.35. The zero-order valence-electron chi connectivity index (χ0n) is 18.8. The topological polar surface area (TPSA) is 156 Å². The van der Waals surface area contributed by atoms with Gasteiger partial charge in [-0.3, -0.25) is 9.59 Å². The van der Waals surface area contributed by atoms with Gasteiger partial charge in [0.25, 0.3) is 0 Å². The van der Waals surface area contributed by atoms with Gasteiger partial charge in [-0.25, -0.2) is 0 Å². The van der Waals surface area contributed by atoms with Gasteiger partial charge in [-0.2, -0.15) is 0 Å². The van der Waals surface area contributed by atoms with Crippen molar-refractivity contribution in [3.8, 4) is 45.6 Å². The Morgan fingerprint density at radius 3 is 1.81 bits per heavy atom. The van der Waals surface area contributed by atoms with Crippen LogP contribution >= 0.6 is 0 Å². The summed E-state index contributed by atoms with van der Waals surface area (Å²) >= 11 is 0. The first-order valence-electron chi connectivity index (χ1n) is 10.9. The van der Waals surface area contributed by atoms with Crippen LogP contribution in [0.2, 0.25) is 0 Å². The first-order valence-corrected chi connectivity index (χ1v) is 10.9. The Kier molecular flexibility index (Phi) is 6.52. The molecule has 4 aromatic rings. The Morgan fingerprint density at radius 2 is 1.14 bits per heavy atom. The number of hydrogen-bond donors (Lipinski definition) is 6. The van der Waals surface area contributed by atoms with Gasteiger partial charge in [0.05, 0.1) is 0 Å². The van der Waals surface area contributed by atoms with Crippen molar-refractivity contribution in [2.24, 2.45) is 0 Å². The molecule has 6 N–H and O–H groups in total. The molecule has 0 aromatic heterocycles. The Balaban J connectivity index is 1.73. The van der Waals surface area contributed by atoms with Gasteiger partial charge in [0.2, 0.25) is 11.6 Å². The Labute approximate surface area is 205 Å². The van der Waals surface area contributed by atoms with Crippen LogP contribution in [0.5, 0.6) is 34.5 Å². The van der Waals surface area contributed by atoms with Crippen LogP contribution in [0.1, 0.15) is 31.8 Å². The van der Waals surface area contributed by atoms with Gasteiger partial charge in [0.1, 0.15) is 11.5 Å². The molecule has 0 saturated heterocycles. The maximum atomic E-state index is 13.2. The molecule has 4 rings (SSSR count). The van der Waals surface area contributed by atoms with Crippen molar-refractivity contribution in [3.63, 3.8) is 0 Å². The number of aryl methyl sites for hydroxylation is 2. The molecule has 0 bridgehead atoms. The third-order valence-corrected chi connectivity index (χ3v) is 5.80. The highest BCUT2D eigenvalue weighted by molar-refractivity contribution is 6.50. The lowest BCUT2D eigenvalue weighted by Gasteiger charge is -2.15. The molecule has 0 spiro atoms. The fourth-order valence-electron chi connectivity index (χ4n) is 3.91. The molecule has 0 saturated carbocycles. The maximum absolute atomic E-state index is 13.2. The monoisotopic (exact) mass is 486 g/mol. The van der Waals surface area contributed by atoms with Crippen molar-refractivity contribution in [1.29, 1.82) is 0 Å². The molecule has 0 radical (unpaired) electrons. The quantitative estimate of drug-likeness (QED) is 0.127. The van der Waals surface area contributed by atoms with Crippen molar-refractivity contribution in [2.45, 2.75) is 12.8 Å². The summed E-state index contributed by atoms with van der Waals surface area (Å²) in [7, 11) is 0. The second kappa shape index (κ2) is 9.71. The van der Waals surface area contributed by atoms with Crippen molar-refractivity contribution in [1.82, 2.24) is 0 Å². The van der Waals surface area contributed by atoms with E-state index in [0.29, 0.717) is 24.0 Å². The van der Waals surface area contributed by atoms with E-state index in [1.54, 1.807) is 12.1 Å². The number of ketones is 2. The van der Waals surface area contributed by atoms with E-state index in [0.717, 1.165) is 17.7 Å². The van der Waals surface area contributed by atoms with E-state index in [1.165, 1.54) is 48.5 Å². The average molecular weight is 486 g/mol. The van der Waals surface area contributed by atoms with Crippen molar-refractivity contribution >= 4 is 11.6 Å². The summed E-state index contributed by atoms with van der Waals surface area (Å²) in [6.07, 6.45) is 0.850. The van der Waals surface area contributed by atoms with E-state index in [1.807, 2.05) is 0 Å². The molecule has 36 heavy (non-hydrogen) atoms. The first kappa shape index (κ1) is 24.2. The molecule has 0 aliphatic heterocycles. The Hall–Kier alpha value is -4.98. The highest BCUT2D eigenvalue weighted by Gasteiger charge is 2.24. The van der Waals surface area contributed by atoms with Crippen molar-refractivity contribution < 1.29 is 40.2 Å². The molecule has 0 atom stereocenters.